The van der Waals surface area contributed by atoms with E-state index in [1.165, 1.54) is 0 Å². The monoisotopic (exact) mass is 303 g/mol. The standard InChI is InChI=1S/C14H22ClNO2S/c1-4-10-16-19(17,18)13-8-6-12(7-9-13)14(5-2)11(3)15/h6-9,11,14,16H,4-5,10H2,1-3H3. The molecule has 1 N–H and O–H groups in total. The Balaban J connectivity index is 2.93. The van der Waals surface area contributed by atoms with Gasteiger partial charge in [-0.25, -0.2) is 13.1 Å². The highest BCUT2D eigenvalue weighted by Gasteiger charge is 2.17. The topological polar surface area (TPSA) is 46.2 Å². The predicted octanol–water partition coefficient (Wildman–Crippen LogP) is 3.50. The highest BCUT2D eigenvalue weighted by Crippen LogP contribution is 2.27. The minimum atomic E-state index is -3.37. The van der Waals surface area contributed by atoms with E-state index in [1.807, 2.05) is 26.0 Å². The number of alkyl halides is 1. The smallest absolute Gasteiger partial charge is 0.211 e. The summed E-state index contributed by atoms with van der Waals surface area (Å²) < 4.78 is 26.4. The van der Waals surface area contributed by atoms with Crippen molar-refractivity contribution in [2.45, 2.75) is 49.8 Å². The maximum Gasteiger partial charge on any atom is 0.240 e. The van der Waals surface area contributed by atoms with Crippen molar-refractivity contribution in [2.24, 2.45) is 0 Å². The second-order valence-corrected chi connectivity index (χ2v) is 7.11. The van der Waals surface area contributed by atoms with Crippen LogP contribution in [0.1, 0.15) is 45.1 Å². The quantitative estimate of drug-likeness (QED) is 0.784. The molecular weight excluding hydrogens is 282 g/mol. The molecule has 0 aromatic heterocycles. The van der Waals surface area contributed by atoms with Gasteiger partial charge in [0.2, 0.25) is 10.0 Å². The molecular formula is C14H22ClNO2S. The van der Waals surface area contributed by atoms with Gasteiger partial charge in [-0.05, 0) is 43.4 Å². The molecule has 2 unspecified atom stereocenters. The zero-order chi connectivity index (χ0) is 14.5. The molecule has 0 aliphatic heterocycles. The third-order valence-corrected chi connectivity index (χ3v) is 4.94. The van der Waals surface area contributed by atoms with E-state index in [1.54, 1.807) is 12.1 Å². The summed E-state index contributed by atoms with van der Waals surface area (Å²) in [6, 6.07) is 7.01. The van der Waals surface area contributed by atoms with Gasteiger partial charge in [-0.15, -0.1) is 11.6 Å². The van der Waals surface area contributed by atoms with Crippen molar-refractivity contribution in [1.29, 1.82) is 0 Å². The number of rotatable bonds is 7. The summed E-state index contributed by atoms with van der Waals surface area (Å²) in [4.78, 5) is 0.307. The largest absolute Gasteiger partial charge is 0.240 e. The summed E-state index contributed by atoms with van der Waals surface area (Å²) in [5, 5.41) is 0.0330. The number of benzene rings is 1. The van der Waals surface area contributed by atoms with E-state index in [-0.39, 0.29) is 11.3 Å². The van der Waals surface area contributed by atoms with Crippen LogP contribution in [0.5, 0.6) is 0 Å². The summed E-state index contributed by atoms with van der Waals surface area (Å²) in [6.07, 6.45) is 1.71. The van der Waals surface area contributed by atoms with Crippen molar-refractivity contribution < 1.29 is 8.42 Å². The van der Waals surface area contributed by atoms with E-state index in [9.17, 15) is 8.42 Å². The molecule has 0 heterocycles. The molecule has 1 aromatic rings. The summed E-state index contributed by atoms with van der Waals surface area (Å²) in [6.45, 7) is 6.43. The molecule has 1 aromatic carbocycles. The van der Waals surface area contributed by atoms with Gasteiger partial charge in [-0.1, -0.05) is 26.0 Å². The highest BCUT2D eigenvalue weighted by molar-refractivity contribution is 7.89. The van der Waals surface area contributed by atoms with Crippen LogP contribution in [0.15, 0.2) is 29.2 Å². The van der Waals surface area contributed by atoms with Gasteiger partial charge in [-0.2, -0.15) is 0 Å². The van der Waals surface area contributed by atoms with Crippen LogP contribution in [0.3, 0.4) is 0 Å². The van der Waals surface area contributed by atoms with Gasteiger partial charge >= 0.3 is 0 Å². The molecule has 5 heteroatoms. The average Bonchev–Trinajstić information content (AvgIpc) is 2.37. The third kappa shape index (κ3) is 4.48. The van der Waals surface area contributed by atoms with Crippen molar-refractivity contribution in [3.63, 3.8) is 0 Å². The Morgan fingerprint density at radius 3 is 2.21 bits per heavy atom. The summed E-state index contributed by atoms with van der Waals surface area (Å²) in [7, 11) is -3.37. The highest BCUT2D eigenvalue weighted by atomic mass is 35.5. The molecule has 19 heavy (non-hydrogen) atoms. The van der Waals surface area contributed by atoms with E-state index in [0.717, 1.165) is 18.4 Å². The first-order valence-corrected chi connectivity index (χ1v) is 8.58. The van der Waals surface area contributed by atoms with Crippen LogP contribution in [0, 0.1) is 0 Å². The van der Waals surface area contributed by atoms with Crippen LogP contribution in [-0.4, -0.2) is 20.3 Å². The van der Waals surface area contributed by atoms with Gasteiger partial charge in [-0.3, -0.25) is 0 Å². The van der Waals surface area contributed by atoms with Crippen LogP contribution in [0.2, 0.25) is 0 Å². The van der Waals surface area contributed by atoms with Gasteiger partial charge in [0.25, 0.3) is 0 Å². The Hall–Kier alpha value is -0.580. The van der Waals surface area contributed by atoms with Gasteiger partial charge in [0, 0.05) is 11.9 Å². The molecule has 0 bridgehead atoms. The van der Waals surface area contributed by atoms with E-state index in [4.69, 9.17) is 11.6 Å². The molecule has 108 valence electrons. The zero-order valence-electron chi connectivity index (χ0n) is 11.7. The van der Waals surface area contributed by atoms with Crippen molar-refractivity contribution in [1.82, 2.24) is 4.72 Å². The zero-order valence-corrected chi connectivity index (χ0v) is 13.3. The third-order valence-electron chi connectivity index (χ3n) is 3.15. The first kappa shape index (κ1) is 16.5. The number of halogens is 1. The van der Waals surface area contributed by atoms with Crippen LogP contribution < -0.4 is 4.72 Å². The van der Waals surface area contributed by atoms with Crippen molar-refractivity contribution in [2.75, 3.05) is 6.54 Å². The lowest BCUT2D eigenvalue weighted by Crippen LogP contribution is -2.24. The van der Waals surface area contributed by atoms with E-state index < -0.39 is 10.0 Å². The maximum absolute atomic E-state index is 11.9. The van der Waals surface area contributed by atoms with E-state index in [0.29, 0.717) is 11.4 Å². The fourth-order valence-electron chi connectivity index (χ4n) is 2.04. The second-order valence-electron chi connectivity index (χ2n) is 4.66. The Morgan fingerprint density at radius 2 is 1.79 bits per heavy atom. The van der Waals surface area contributed by atoms with Gasteiger partial charge in [0.1, 0.15) is 0 Å². The van der Waals surface area contributed by atoms with E-state index >= 15 is 0 Å². The minimum Gasteiger partial charge on any atom is -0.211 e. The lowest BCUT2D eigenvalue weighted by atomic mass is 9.94. The van der Waals surface area contributed by atoms with Gasteiger partial charge in [0.15, 0.2) is 0 Å². The van der Waals surface area contributed by atoms with Gasteiger partial charge < -0.3 is 0 Å². The second kappa shape index (κ2) is 7.27. The molecule has 3 nitrogen and oxygen atoms in total. The number of hydrogen-bond acceptors (Lipinski definition) is 2. The average molecular weight is 304 g/mol. The lowest BCUT2D eigenvalue weighted by molar-refractivity contribution is 0.580. The lowest BCUT2D eigenvalue weighted by Gasteiger charge is -2.18. The molecule has 0 spiro atoms. The first-order valence-electron chi connectivity index (χ1n) is 6.66. The van der Waals surface area contributed by atoms with Crippen LogP contribution in [-0.2, 0) is 10.0 Å². The Labute approximate surface area is 121 Å². The molecule has 0 saturated carbocycles. The van der Waals surface area contributed by atoms with Crippen LogP contribution >= 0.6 is 11.6 Å². The van der Waals surface area contributed by atoms with Gasteiger partial charge in [0.05, 0.1) is 4.90 Å². The van der Waals surface area contributed by atoms with Crippen molar-refractivity contribution in [3.05, 3.63) is 29.8 Å². The molecule has 0 aliphatic carbocycles. The molecule has 0 radical (unpaired) electrons. The fourth-order valence-corrected chi connectivity index (χ4v) is 3.50. The number of hydrogen-bond donors (Lipinski definition) is 1. The number of sulfonamides is 1. The molecule has 1 rings (SSSR count). The first-order chi connectivity index (χ1) is 8.92. The summed E-state index contributed by atoms with van der Waals surface area (Å²) in [5.74, 6) is 0.252. The molecule has 2 atom stereocenters. The van der Waals surface area contributed by atoms with Crippen LogP contribution in [0.25, 0.3) is 0 Å². The molecule has 0 amide bonds. The van der Waals surface area contributed by atoms with Crippen LogP contribution in [0.4, 0.5) is 0 Å². The molecule has 0 aliphatic rings. The van der Waals surface area contributed by atoms with Crippen molar-refractivity contribution >= 4 is 21.6 Å². The maximum atomic E-state index is 11.9. The summed E-state index contributed by atoms with van der Waals surface area (Å²) in [5.41, 5.74) is 1.08. The fraction of sp³-hybridized carbons (Fsp3) is 0.571. The Morgan fingerprint density at radius 1 is 1.21 bits per heavy atom. The molecule has 0 fully saturated rings. The van der Waals surface area contributed by atoms with Crippen molar-refractivity contribution in [3.8, 4) is 0 Å². The SMILES string of the molecule is CCCNS(=O)(=O)c1ccc(C(CC)C(C)Cl)cc1. The Kier molecular flexibility index (Phi) is 6.30. The summed E-state index contributed by atoms with van der Waals surface area (Å²) >= 11 is 6.15. The minimum absolute atomic E-state index is 0.0330. The number of nitrogens with one attached hydrogen (secondary N) is 1. The molecule has 0 saturated heterocycles. The van der Waals surface area contributed by atoms with E-state index in [2.05, 4.69) is 11.6 Å². The Bertz CT molecular complexity index is 483. The normalized spacial score (nSPS) is 15.2. The predicted molar refractivity (Wildman–Crippen MR) is 80.3 cm³/mol.